The lowest BCUT2D eigenvalue weighted by atomic mass is 10.2. The predicted octanol–water partition coefficient (Wildman–Crippen LogP) is 6.68. The quantitative estimate of drug-likeness (QED) is 0.311. The molecule has 126 valence electrons. The van der Waals surface area contributed by atoms with Gasteiger partial charge in [-0.15, -0.1) is 0 Å². The monoisotopic (exact) mass is 451 g/mol. The minimum atomic E-state index is -0.382. The largest absolute Gasteiger partial charge is 0.289 e. The van der Waals surface area contributed by atoms with E-state index in [1.54, 1.807) is 0 Å². The molecule has 0 amide bonds. The molecule has 0 aliphatic rings. The second-order valence-corrected chi connectivity index (χ2v) is 9.17. The smallest absolute Gasteiger partial charge is 0.212 e. The third kappa shape index (κ3) is 4.89. The molecule has 3 aromatic rings. The van der Waals surface area contributed by atoms with Crippen LogP contribution in [0.25, 0.3) is 0 Å². The first-order valence-corrected chi connectivity index (χ1v) is 10.5. The molecule has 0 bridgehead atoms. The van der Waals surface area contributed by atoms with Crippen molar-refractivity contribution in [3.63, 3.8) is 0 Å². The molecule has 0 N–H and O–H groups in total. The number of ketones is 1. The highest BCUT2D eigenvalue weighted by Crippen LogP contribution is 2.27. The number of halogens is 3. The number of carbonyl (C=O) groups excluding carboxylic acids is 1. The van der Waals surface area contributed by atoms with E-state index in [9.17, 15) is 4.79 Å². The molecular formula is C20H14BrCl2OS+. The molecule has 0 aliphatic heterocycles. The van der Waals surface area contributed by atoms with Crippen LogP contribution in [0.5, 0.6) is 0 Å². The normalized spacial score (nSPS) is 10.9. The van der Waals surface area contributed by atoms with Crippen LogP contribution in [0.3, 0.4) is 0 Å². The van der Waals surface area contributed by atoms with Gasteiger partial charge in [0.1, 0.15) is 0 Å². The van der Waals surface area contributed by atoms with Crippen LogP contribution in [0, 0.1) is 0 Å². The molecule has 5 heteroatoms. The molecule has 0 atom stereocenters. The van der Waals surface area contributed by atoms with Gasteiger partial charge in [0.2, 0.25) is 5.78 Å². The molecule has 0 aromatic heterocycles. The summed E-state index contributed by atoms with van der Waals surface area (Å²) in [5.41, 5.74) is 0.712. The topological polar surface area (TPSA) is 17.1 Å². The summed E-state index contributed by atoms with van der Waals surface area (Å²) in [6.07, 6.45) is 0. The maximum Gasteiger partial charge on any atom is 0.212 e. The van der Waals surface area contributed by atoms with Crippen molar-refractivity contribution in [3.05, 3.63) is 92.9 Å². The van der Waals surface area contributed by atoms with Crippen molar-refractivity contribution in [2.45, 2.75) is 9.79 Å². The molecule has 0 unspecified atom stereocenters. The van der Waals surface area contributed by atoms with E-state index in [-0.39, 0.29) is 16.7 Å². The van der Waals surface area contributed by atoms with Gasteiger partial charge in [-0.25, -0.2) is 0 Å². The van der Waals surface area contributed by atoms with Gasteiger partial charge in [0, 0.05) is 20.1 Å². The zero-order valence-electron chi connectivity index (χ0n) is 13.1. The minimum Gasteiger partial charge on any atom is -0.289 e. The Morgan fingerprint density at radius 3 is 1.64 bits per heavy atom. The molecule has 1 nitrogen and oxygen atoms in total. The summed E-state index contributed by atoms with van der Waals surface area (Å²) >= 11 is 15.4. The summed E-state index contributed by atoms with van der Waals surface area (Å²) in [5, 5.41) is 1.37. The van der Waals surface area contributed by atoms with E-state index in [2.05, 4.69) is 15.9 Å². The van der Waals surface area contributed by atoms with Gasteiger partial charge < -0.3 is 0 Å². The Labute approximate surface area is 168 Å². The maximum atomic E-state index is 12.8. The Hall–Kier alpha value is -1.26. The molecule has 3 aromatic carbocycles. The van der Waals surface area contributed by atoms with Crippen LogP contribution in [0.15, 0.2) is 87.1 Å². The van der Waals surface area contributed by atoms with Crippen LogP contribution in [-0.2, 0) is 10.9 Å². The molecule has 0 spiro atoms. The highest BCUT2D eigenvalue weighted by Gasteiger charge is 2.29. The van der Waals surface area contributed by atoms with Crippen LogP contribution >= 0.6 is 39.1 Å². The number of benzene rings is 3. The van der Waals surface area contributed by atoms with Crippen molar-refractivity contribution in [3.8, 4) is 0 Å². The average Bonchev–Trinajstić information content (AvgIpc) is 2.62. The second-order valence-electron chi connectivity index (χ2n) is 5.37. The van der Waals surface area contributed by atoms with E-state index in [0.29, 0.717) is 21.4 Å². The lowest BCUT2D eigenvalue weighted by molar-refractivity contribution is 0.102. The zero-order chi connectivity index (χ0) is 17.8. The highest BCUT2D eigenvalue weighted by atomic mass is 79.9. The van der Waals surface area contributed by atoms with E-state index in [4.69, 9.17) is 23.2 Å². The van der Waals surface area contributed by atoms with E-state index in [1.165, 1.54) is 0 Å². The van der Waals surface area contributed by atoms with Crippen molar-refractivity contribution in [1.29, 1.82) is 0 Å². The lowest BCUT2D eigenvalue weighted by Gasteiger charge is -2.08. The molecule has 0 aliphatic carbocycles. The Morgan fingerprint density at radius 2 is 1.20 bits per heavy atom. The van der Waals surface area contributed by atoms with Gasteiger partial charge in [-0.3, -0.25) is 4.79 Å². The van der Waals surface area contributed by atoms with E-state index < -0.39 is 0 Å². The molecule has 0 saturated carbocycles. The zero-order valence-corrected chi connectivity index (χ0v) is 17.0. The SMILES string of the molecule is O=C(C[S+](c1ccc(Cl)cc1)c1ccc(Cl)cc1)c1ccc(Br)cc1. The minimum absolute atomic E-state index is 0.112. The van der Waals surface area contributed by atoms with Gasteiger partial charge in [-0.05, 0) is 60.7 Å². The fourth-order valence-electron chi connectivity index (χ4n) is 2.35. The summed E-state index contributed by atoms with van der Waals surface area (Å²) in [6.45, 7) is 0. The van der Waals surface area contributed by atoms with Crippen LogP contribution in [0.2, 0.25) is 10.0 Å². The third-order valence-electron chi connectivity index (χ3n) is 3.64. The van der Waals surface area contributed by atoms with Crippen molar-refractivity contribution in [1.82, 2.24) is 0 Å². The number of Topliss-reactive ketones (excluding diaryl/α,β-unsaturated/α-hetero) is 1. The van der Waals surface area contributed by atoms with Gasteiger partial charge in [0.05, 0.1) is 10.9 Å². The van der Waals surface area contributed by atoms with Crippen LogP contribution < -0.4 is 0 Å². The van der Waals surface area contributed by atoms with Crippen LogP contribution in [0.4, 0.5) is 0 Å². The fraction of sp³-hybridized carbons (Fsp3) is 0.0500. The molecule has 0 heterocycles. The Bertz CT molecular complexity index is 816. The summed E-state index contributed by atoms with van der Waals surface area (Å²) in [5.74, 6) is 0.519. The molecule has 3 rings (SSSR count). The average molecular weight is 453 g/mol. The molecule has 0 radical (unpaired) electrons. The highest BCUT2D eigenvalue weighted by molar-refractivity contribution is 9.10. The van der Waals surface area contributed by atoms with Gasteiger partial charge >= 0.3 is 0 Å². The standard InChI is InChI=1S/C20H14BrCl2OS/c21-15-3-1-14(2-4-15)20(24)13-25(18-9-5-16(22)6-10-18)19-11-7-17(23)8-12-19/h1-12H,13H2/q+1. The van der Waals surface area contributed by atoms with Gasteiger partial charge in [0.25, 0.3) is 0 Å². The molecule has 0 saturated heterocycles. The Morgan fingerprint density at radius 1 is 0.760 bits per heavy atom. The van der Waals surface area contributed by atoms with Gasteiger partial charge in [-0.2, -0.15) is 0 Å². The number of carbonyl (C=O) groups is 1. The Kier molecular flexibility index (Phi) is 6.24. The van der Waals surface area contributed by atoms with Crippen LogP contribution in [0.1, 0.15) is 10.4 Å². The first-order valence-electron chi connectivity index (χ1n) is 7.54. The molecular weight excluding hydrogens is 439 g/mol. The fourth-order valence-corrected chi connectivity index (χ4v) is 4.83. The van der Waals surface area contributed by atoms with E-state index >= 15 is 0 Å². The molecule has 25 heavy (non-hydrogen) atoms. The summed E-state index contributed by atoms with van der Waals surface area (Å²) in [7, 11) is -0.382. The second kappa shape index (κ2) is 8.41. The first-order chi connectivity index (χ1) is 12.0. The summed E-state index contributed by atoms with van der Waals surface area (Å²) in [4.78, 5) is 14.9. The van der Waals surface area contributed by atoms with E-state index in [0.717, 1.165) is 14.3 Å². The summed E-state index contributed by atoms with van der Waals surface area (Å²) in [6, 6.07) is 22.8. The van der Waals surface area contributed by atoms with E-state index in [1.807, 2.05) is 72.8 Å². The van der Waals surface area contributed by atoms with Gasteiger partial charge in [0.15, 0.2) is 15.5 Å². The van der Waals surface area contributed by atoms with Gasteiger partial charge in [-0.1, -0.05) is 51.3 Å². The summed E-state index contributed by atoms with van der Waals surface area (Å²) < 4.78 is 0.957. The number of rotatable bonds is 5. The molecule has 0 fully saturated rings. The number of hydrogen-bond donors (Lipinski definition) is 0. The first kappa shape index (κ1) is 18.5. The lowest BCUT2D eigenvalue weighted by Crippen LogP contribution is -2.17. The number of hydrogen-bond acceptors (Lipinski definition) is 1. The van der Waals surface area contributed by atoms with Crippen molar-refractivity contribution in [2.24, 2.45) is 0 Å². The van der Waals surface area contributed by atoms with Crippen molar-refractivity contribution in [2.75, 3.05) is 5.75 Å². The van der Waals surface area contributed by atoms with Crippen molar-refractivity contribution < 1.29 is 4.79 Å². The maximum absolute atomic E-state index is 12.8. The Balaban J connectivity index is 1.93. The third-order valence-corrected chi connectivity index (χ3v) is 6.90. The van der Waals surface area contributed by atoms with Crippen LogP contribution in [-0.4, -0.2) is 11.5 Å². The van der Waals surface area contributed by atoms with Crippen molar-refractivity contribution >= 4 is 55.8 Å². The predicted molar refractivity (Wildman–Crippen MR) is 110 cm³/mol.